The van der Waals surface area contributed by atoms with Gasteiger partial charge in [0.1, 0.15) is 35.2 Å². The molecule has 4 atom stereocenters. The first-order valence-corrected chi connectivity index (χ1v) is 20.4. The van der Waals surface area contributed by atoms with Crippen molar-refractivity contribution in [1.82, 2.24) is 40.4 Å². The molecule has 0 bridgehead atoms. The lowest BCUT2D eigenvalue weighted by Gasteiger charge is -2.30. The number of benzene rings is 3. The molecule has 15 heteroatoms. The highest BCUT2D eigenvalue weighted by Gasteiger charge is 2.38. The van der Waals surface area contributed by atoms with E-state index in [0.29, 0.717) is 71.2 Å². The zero-order valence-electron chi connectivity index (χ0n) is 34.8. The van der Waals surface area contributed by atoms with E-state index in [2.05, 4.69) is 54.3 Å². The monoisotopic (exact) mass is 838 g/mol. The van der Waals surface area contributed by atoms with Crippen LogP contribution in [0.1, 0.15) is 86.1 Å². The molecule has 4 amide bonds. The van der Waals surface area contributed by atoms with Crippen molar-refractivity contribution in [1.29, 1.82) is 0 Å². The number of nitrogens with one attached hydrogen (secondary N) is 4. The van der Waals surface area contributed by atoms with Gasteiger partial charge in [0.05, 0.1) is 44.4 Å². The Kier molecular flexibility index (Phi) is 13.3. The number of amides is 4. The summed E-state index contributed by atoms with van der Waals surface area (Å²) in [5, 5.41) is 5.34. The van der Waals surface area contributed by atoms with Crippen LogP contribution in [0, 0.1) is 35.4 Å². The fourth-order valence-corrected chi connectivity index (χ4v) is 7.93. The van der Waals surface area contributed by atoms with Crippen LogP contribution < -0.4 is 10.6 Å². The van der Waals surface area contributed by atoms with Gasteiger partial charge in [-0.05, 0) is 73.1 Å². The zero-order chi connectivity index (χ0) is 43.8. The molecule has 0 radical (unpaired) electrons. The van der Waals surface area contributed by atoms with Crippen LogP contribution in [0.25, 0.3) is 22.4 Å². The van der Waals surface area contributed by atoms with Crippen LogP contribution in [0.3, 0.4) is 0 Å². The first-order chi connectivity index (χ1) is 30.1. The smallest absolute Gasteiger partial charge is 0.407 e. The molecule has 62 heavy (non-hydrogen) atoms. The van der Waals surface area contributed by atoms with E-state index in [1.165, 1.54) is 20.3 Å². The van der Waals surface area contributed by atoms with Gasteiger partial charge in [-0.3, -0.25) is 9.59 Å². The van der Waals surface area contributed by atoms with Gasteiger partial charge in [0, 0.05) is 35.3 Å². The van der Waals surface area contributed by atoms with Crippen LogP contribution in [-0.2, 0) is 19.1 Å². The van der Waals surface area contributed by atoms with E-state index in [4.69, 9.17) is 9.47 Å². The van der Waals surface area contributed by atoms with Gasteiger partial charge in [0.2, 0.25) is 5.91 Å². The highest BCUT2D eigenvalue weighted by atomic mass is 19.1. The summed E-state index contributed by atoms with van der Waals surface area (Å²) in [5.41, 5.74) is 4.03. The predicted octanol–water partition coefficient (Wildman–Crippen LogP) is 6.81. The van der Waals surface area contributed by atoms with Crippen LogP contribution in [0.15, 0.2) is 85.2 Å². The van der Waals surface area contributed by atoms with Crippen molar-refractivity contribution >= 4 is 24.0 Å². The molecule has 4 heterocycles. The van der Waals surface area contributed by atoms with Crippen molar-refractivity contribution in [2.24, 2.45) is 5.92 Å². The van der Waals surface area contributed by atoms with Gasteiger partial charge in [-0.15, -0.1) is 0 Å². The van der Waals surface area contributed by atoms with Crippen molar-refractivity contribution in [3.63, 3.8) is 0 Å². The summed E-state index contributed by atoms with van der Waals surface area (Å²) in [5.74, 6) is 12.0. The number of methoxy groups -OCH3 is 2. The van der Waals surface area contributed by atoms with Crippen LogP contribution in [0.5, 0.6) is 0 Å². The van der Waals surface area contributed by atoms with Crippen molar-refractivity contribution < 1.29 is 33.0 Å². The average molecular weight is 839 g/mol. The van der Waals surface area contributed by atoms with Gasteiger partial charge in [0.15, 0.2) is 0 Å². The van der Waals surface area contributed by atoms with Crippen LogP contribution in [0.4, 0.5) is 14.0 Å². The van der Waals surface area contributed by atoms with Crippen molar-refractivity contribution in [2.75, 3.05) is 27.3 Å². The second-order valence-electron chi connectivity index (χ2n) is 15.3. The first-order valence-electron chi connectivity index (χ1n) is 20.4. The van der Waals surface area contributed by atoms with Gasteiger partial charge in [0.25, 0.3) is 5.91 Å². The summed E-state index contributed by atoms with van der Waals surface area (Å²) in [6.45, 7) is 4.75. The Morgan fingerprint density at radius 2 is 1.39 bits per heavy atom. The number of nitrogens with zero attached hydrogens (tertiary/aromatic N) is 4. The number of ether oxygens (including phenoxy) is 2. The summed E-state index contributed by atoms with van der Waals surface area (Å²) >= 11 is 0. The van der Waals surface area contributed by atoms with Crippen molar-refractivity contribution in [3.8, 4) is 46.1 Å². The zero-order valence-corrected chi connectivity index (χ0v) is 34.8. The number of aromatic amines is 2. The third-order valence-electron chi connectivity index (χ3n) is 11.1. The maximum absolute atomic E-state index is 15.3. The summed E-state index contributed by atoms with van der Waals surface area (Å²) in [4.78, 5) is 71.0. The molecule has 14 nitrogen and oxygen atoms in total. The standard InChI is InChI=1S/C47H47FN8O6/c1-29(2)40(53-46(59)61-3)44(57)55-24-13-21-39(55)43-50-28-37(52-43)32-23-22-30(35(26-32)34-18-10-11-19-36(34)48)14-8-9-17-33-27-49-42(51-33)38-20-12-25-56(38)45(58)41(54-47(60)62-4)31-15-6-5-7-16-31/h5-7,10-11,15-16,18-19,22-23,26-29,38-41H,12-13,20-21,24-25H2,1-4H3,(H,49,51)(H,50,52)(H,53,59)(H,54,60)/t38?,39?,40-,41?/m0/s1. The van der Waals surface area contributed by atoms with Crippen molar-refractivity contribution in [3.05, 3.63) is 119 Å². The largest absolute Gasteiger partial charge is 0.453 e. The van der Waals surface area contributed by atoms with E-state index >= 15 is 4.39 Å². The Balaban J connectivity index is 1.10. The Morgan fingerprint density at radius 3 is 2.08 bits per heavy atom. The number of carbonyl (C=O) groups excluding carboxylic acids is 4. The topological polar surface area (TPSA) is 175 Å². The molecule has 2 aromatic heterocycles. The maximum atomic E-state index is 15.3. The highest BCUT2D eigenvalue weighted by Crippen LogP contribution is 2.36. The van der Waals surface area contributed by atoms with E-state index in [1.54, 1.807) is 70.7 Å². The molecule has 3 unspecified atom stereocenters. The maximum Gasteiger partial charge on any atom is 0.407 e. The van der Waals surface area contributed by atoms with Gasteiger partial charge < -0.3 is 39.9 Å². The number of H-pyrrole nitrogens is 2. The molecule has 2 fully saturated rings. The molecule has 2 aliphatic heterocycles. The van der Waals surface area contributed by atoms with Gasteiger partial charge >= 0.3 is 12.2 Å². The van der Waals surface area contributed by atoms with E-state index in [1.807, 2.05) is 32.0 Å². The SMILES string of the molecule is COC(=O)NC(C(=O)N1CCCC1c1ncc(C#CC#Cc2ccc(-c3cnc(C4CCCN4C(=O)[C@@H](NC(=O)OC)C(C)C)[nH]3)cc2-c2ccccc2F)[nH]1)c1ccccc1. The second-order valence-corrected chi connectivity index (χ2v) is 15.3. The quantitative estimate of drug-likeness (QED) is 0.111. The minimum Gasteiger partial charge on any atom is -0.453 e. The Morgan fingerprint density at radius 1 is 0.758 bits per heavy atom. The number of hydrogen-bond donors (Lipinski definition) is 4. The van der Waals surface area contributed by atoms with Gasteiger partial charge in [-0.1, -0.05) is 74.4 Å². The van der Waals surface area contributed by atoms with Crippen LogP contribution in [0.2, 0.25) is 0 Å². The van der Waals surface area contributed by atoms with Crippen LogP contribution in [-0.4, -0.2) is 87.1 Å². The lowest BCUT2D eigenvalue weighted by Crippen LogP contribution is -2.51. The number of imidazole rings is 2. The predicted molar refractivity (Wildman–Crippen MR) is 228 cm³/mol. The fraction of sp³-hybridized carbons (Fsp3) is 0.319. The van der Waals surface area contributed by atoms with Crippen LogP contribution >= 0.6 is 0 Å². The number of aromatic nitrogens is 4. The molecule has 2 saturated heterocycles. The first kappa shape index (κ1) is 42.7. The minimum absolute atomic E-state index is 0.163. The Bertz CT molecular complexity index is 2570. The molecular weight excluding hydrogens is 792 g/mol. The second kappa shape index (κ2) is 19.3. The summed E-state index contributed by atoms with van der Waals surface area (Å²) in [6, 6.07) is 18.6. The highest BCUT2D eigenvalue weighted by molar-refractivity contribution is 5.88. The summed E-state index contributed by atoms with van der Waals surface area (Å²) in [7, 11) is 2.51. The molecule has 0 aliphatic carbocycles. The Labute approximate surface area is 359 Å². The molecule has 3 aromatic carbocycles. The van der Waals surface area contributed by atoms with E-state index in [-0.39, 0.29) is 29.8 Å². The molecule has 0 spiro atoms. The summed E-state index contributed by atoms with van der Waals surface area (Å²) < 4.78 is 24.9. The third kappa shape index (κ3) is 9.48. The number of likely N-dealkylation sites (tertiary alicyclic amines) is 2. The number of hydrogen-bond acceptors (Lipinski definition) is 8. The number of carbonyl (C=O) groups is 4. The Hall–Kier alpha value is -7.39. The van der Waals surface area contributed by atoms with Gasteiger partial charge in [-0.25, -0.2) is 23.9 Å². The molecule has 5 aromatic rings. The number of rotatable bonds is 10. The van der Waals surface area contributed by atoms with Gasteiger partial charge in [-0.2, -0.15) is 0 Å². The van der Waals surface area contributed by atoms with E-state index in [9.17, 15) is 19.2 Å². The average Bonchev–Trinajstić information content (AvgIpc) is 4.14. The lowest BCUT2D eigenvalue weighted by molar-refractivity contribution is -0.135. The molecular formula is C47H47FN8O6. The molecule has 4 N–H and O–H groups in total. The molecule has 318 valence electrons. The number of halogens is 1. The molecule has 0 saturated carbocycles. The lowest BCUT2D eigenvalue weighted by atomic mass is 9.96. The summed E-state index contributed by atoms with van der Waals surface area (Å²) in [6.07, 6.45) is 4.81. The number of alkyl carbamates (subject to hydrolysis) is 2. The molecule has 2 aliphatic rings. The molecule has 7 rings (SSSR count). The van der Waals surface area contributed by atoms with E-state index < -0.39 is 30.1 Å². The third-order valence-corrected chi connectivity index (χ3v) is 11.1. The fourth-order valence-electron chi connectivity index (χ4n) is 7.93. The van der Waals surface area contributed by atoms with E-state index in [0.717, 1.165) is 18.4 Å². The normalized spacial score (nSPS) is 16.7. The van der Waals surface area contributed by atoms with Crippen molar-refractivity contribution in [2.45, 2.75) is 63.7 Å². The minimum atomic E-state index is -0.934.